The van der Waals surface area contributed by atoms with E-state index in [0.29, 0.717) is 19.7 Å². The fourth-order valence-corrected chi connectivity index (χ4v) is 3.90. The fraction of sp³-hybridized carbons (Fsp3) is 0.571. The first-order chi connectivity index (χ1) is 9.03. The smallest absolute Gasteiger partial charge is 0.218 e. The molecule has 1 aromatic rings. The Hall–Kier alpha value is -0.910. The van der Waals surface area contributed by atoms with Crippen LogP contribution in [0.1, 0.15) is 24.5 Å². The van der Waals surface area contributed by atoms with E-state index in [4.69, 9.17) is 4.74 Å². The van der Waals surface area contributed by atoms with Gasteiger partial charge in [0.25, 0.3) is 0 Å². The van der Waals surface area contributed by atoms with E-state index in [2.05, 4.69) is 0 Å². The topological polar surface area (TPSA) is 46.6 Å². The van der Waals surface area contributed by atoms with Gasteiger partial charge >= 0.3 is 0 Å². The molecule has 19 heavy (non-hydrogen) atoms. The summed E-state index contributed by atoms with van der Waals surface area (Å²) in [4.78, 5) is 0. The molecule has 1 unspecified atom stereocenters. The van der Waals surface area contributed by atoms with E-state index in [1.54, 1.807) is 4.31 Å². The lowest BCUT2D eigenvalue weighted by atomic mass is 10.1. The SMILES string of the molecule is CCC1CN(S(=O)(=O)Cc2ccccc2C)CCO1. The van der Waals surface area contributed by atoms with Gasteiger partial charge in [0.05, 0.1) is 18.5 Å². The zero-order chi connectivity index (χ0) is 13.9. The molecular weight excluding hydrogens is 262 g/mol. The van der Waals surface area contributed by atoms with E-state index in [1.165, 1.54) is 0 Å². The summed E-state index contributed by atoms with van der Waals surface area (Å²) in [7, 11) is -3.25. The maximum absolute atomic E-state index is 12.4. The Morgan fingerprint density at radius 1 is 1.37 bits per heavy atom. The molecule has 5 heteroatoms. The molecule has 1 atom stereocenters. The van der Waals surface area contributed by atoms with Gasteiger partial charge in [-0.05, 0) is 24.5 Å². The average molecular weight is 283 g/mol. The van der Waals surface area contributed by atoms with Crippen molar-refractivity contribution in [3.05, 3.63) is 35.4 Å². The van der Waals surface area contributed by atoms with Crippen LogP contribution in [-0.2, 0) is 20.5 Å². The minimum absolute atomic E-state index is 0.0281. The molecule has 0 radical (unpaired) electrons. The number of sulfonamides is 1. The lowest BCUT2D eigenvalue weighted by molar-refractivity contribution is -0.00282. The lowest BCUT2D eigenvalue weighted by Gasteiger charge is -2.31. The van der Waals surface area contributed by atoms with Crippen molar-refractivity contribution in [2.45, 2.75) is 32.1 Å². The van der Waals surface area contributed by atoms with Crippen molar-refractivity contribution >= 4 is 10.0 Å². The van der Waals surface area contributed by atoms with Gasteiger partial charge in [-0.1, -0.05) is 31.2 Å². The average Bonchev–Trinajstić information content (AvgIpc) is 2.41. The second kappa shape index (κ2) is 6.03. The van der Waals surface area contributed by atoms with Crippen LogP contribution in [0.3, 0.4) is 0 Å². The van der Waals surface area contributed by atoms with Gasteiger partial charge in [0.15, 0.2) is 0 Å². The number of rotatable bonds is 4. The van der Waals surface area contributed by atoms with Crippen molar-refractivity contribution in [1.29, 1.82) is 0 Å². The molecule has 0 bridgehead atoms. The van der Waals surface area contributed by atoms with Gasteiger partial charge < -0.3 is 4.74 Å². The van der Waals surface area contributed by atoms with Crippen LogP contribution in [0.2, 0.25) is 0 Å². The van der Waals surface area contributed by atoms with Crippen molar-refractivity contribution in [1.82, 2.24) is 4.31 Å². The summed E-state index contributed by atoms with van der Waals surface area (Å²) >= 11 is 0. The van der Waals surface area contributed by atoms with Gasteiger partial charge in [-0.3, -0.25) is 0 Å². The Kier molecular flexibility index (Phi) is 4.60. The maximum atomic E-state index is 12.4. The minimum Gasteiger partial charge on any atom is -0.375 e. The third-order valence-corrected chi connectivity index (χ3v) is 5.34. The highest BCUT2D eigenvalue weighted by Crippen LogP contribution is 2.18. The molecule has 1 fully saturated rings. The van der Waals surface area contributed by atoms with Crippen molar-refractivity contribution in [2.75, 3.05) is 19.7 Å². The Morgan fingerprint density at radius 3 is 2.79 bits per heavy atom. The van der Waals surface area contributed by atoms with E-state index < -0.39 is 10.0 Å². The van der Waals surface area contributed by atoms with E-state index >= 15 is 0 Å². The largest absolute Gasteiger partial charge is 0.375 e. The van der Waals surface area contributed by atoms with Crippen LogP contribution in [0, 0.1) is 6.92 Å². The van der Waals surface area contributed by atoms with Gasteiger partial charge in [0.2, 0.25) is 10.0 Å². The van der Waals surface area contributed by atoms with Crippen LogP contribution >= 0.6 is 0 Å². The second-order valence-corrected chi connectivity index (χ2v) is 6.91. The number of benzene rings is 1. The molecule has 0 N–H and O–H groups in total. The molecule has 4 nitrogen and oxygen atoms in total. The van der Waals surface area contributed by atoms with Crippen LogP contribution < -0.4 is 0 Å². The Labute approximate surface area is 115 Å². The first kappa shape index (κ1) is 14.5. The first-order valence-electron chi connectivity index (χ1n) is 6.67. The number of hydrogen-bond donors (Lipinski definition) is 0. The standard InChI is InChI=1S/C14H21NO3S/c1-3-14-10-15(8-9-18-14)19(16,17)11-13-7-5-4-6-12(13)2/h4-7,14H,3,8-11H2,1-2H3. The van der Waals surface area contributed by atoms with Gasteiger partial charge in [0, 0.05) is 13.1 Å². The number of morpholine rings is 1. The molecule has 0 aliphatic carbocycles. The molecular formula is C14H21NO3S. The first-order valence-corrected chi connectivity index (χ1v) is 8.28. The summed E-state index contributed by atoms with van der Waals surface area (Å²) in [6.45, 7) is 5.39. The van der Waals surface area contributed by atoms with Crippen molar-refractivity contribution in [2.24, 2.45) is 0 Å². The highest BCUT2D eigenvalue weighted by atomic mass is 32.2. The van der Waals surface area contributed by atoms with Gasteiger partial charge in [-0.25, -0.2) is 8.42 Å². The van der Waals surface area contributed by atoms with Gasteiger partial charge in [-0.2, -0.15) is 4.31 Å². The third-order valence-electron chi connectivity index (χ3n) is 3.55. The predicted octanol–water partition coefficient (Wildman–Crippen LogP) is 1.94. The van der Waals surface area contributed by atoms with E-state index in [9.17, 15) is 8.42 Å². The van der Waals surface area contributed by atoms with Crippen LogP contribution in [0.25, 0.3) is 0 Å². The van der Waals surface area contributed by atoms with Crippen LogP contribution in [-0.4, -0.2) is 38.5 Å². The minimum atomic E-state index is -3.25. The molecule has 2 rings (SSSR count). The lowest BCUT2D eigenvalue weighted by Crippen LogP contribution is -2.45. The molecule has 0 spiro atoms. The monoisotopic (exact) mass is 283 g/mol. The zero-order valence-corrected chi connectivity index (χ0v) is 12.3. The molecule has 1 heterocycles. The molecule has 1 aliphatic rings. The van der Waals surface area contributed by atoms with Crippen LogP contribution in [0.15, 0.2) is 24.3 Å². The quantitative estimate of drug-likeness (QED) is 0.848. The van der Waals surface area contributed by atoms with E-state index in [1.807, 2.05) is 38.1 Å². The fourth-order valence-electron chi connectivity index (χ4n) is 2.25. The maximum Gasteiger partial charge on any atom is 0.218 e. The van der Waals surface area contributed by atoms with Crippen molar-refractivity contribution < 1.29 is 13.2 Å². The Morgan fingerprint density at radius 2 is 2.11 bits per heavy atom. The Balaban J connectivity index is 2.12. The molecule has 0 aromatic heterocycles. The van der Waals surface area contributed by atoms with Crippen LogP contribution in [0.5, 0.6) is 0 Å². The molecule has 0 saturated carbocycles. The molecule has 1 aromatic carbocycles. The Bertz CT molecular complexity index is 527. The molecule has 106 valence electrons. The summed E-state index contributed by atoms with van der Waals surface area (Å²) in [5, 5.41) is 0. The summed E-state index contributed by atoms with van der Waals surface area (Å²) in [5.74, 6) is 0.0795. The summed E-state index contributed by atoms with van der Waals surface area (Å²) in [6.07, 6.45) is 0.872. The van der Waals surface area contributed by atoms with Crippen molar-refractivity contribution in [3.8, 4) is 0 Å². The number of nitrogens with zero attached hydrogens (tertiary/aromatic N) is 1. The summed E-state index contributed by atoms with van der Waals surface area (Å²) < 4.78 is 32.0. The van der Waals surface area contributed by atoms with Crippen LogP contribution in [0.4, 0.5) is 0 Å². The number of aryl methyl sites for hydroxylation is 1. The van der Waals surface area contributed by atoms with Gasteiger partial charge in [0.1, 0.15) is 0 Å². The highest BCUT2D eigenvalue weighted by Gasteiger charge is 2.28. The summed E-state index contributed by atoms with van der Waals surface area (Å²) in [5.41, 5.74) is 1.90. The van der Waals surface area contributed by atoms with E-state index in [-0.39, 0.29) is 11.9 Å². The molecule has 0 amide bonds. The number of hydrogen-bond acceptors (Lipinski definition) is 3. The number of ether oxygens (including phenoxy) is 1. The molecule has 1 saturated heterocycles. The normalized spacial score (nSPS) is 21.5. The van der Waals surface area contributed by atoms with Gasteiger partial charge in [-0.15, -0.1) is 0 Å². The highest BCUT2D eigenvalue weighted by molar-refractivity contribution is 7.88. The van der Waals surface area contributed by atoms with E-state index in [0.717, 1.165) is 17.5 Å². The second-order valence-electron chi connectivity index (χ2n) is 4.94. The van der Waals surface area contributed by atoms with Crippen molar-refractivity contribution in [3.63, 3.8) is 0 Å². The molecule has 1 aliphatic heterocycles. The summed E-state index contributed by atoms with van der Waals surface area (Å²) in [6, 6.07) is 7.63. The zero-order valence-electron chi connectivity index (χ0n) is 11.5. The predicted molar refractivity (Wildman–Crippen MR) is 75.4 cm³/mol. The third kappa shape index (κ3) is 3.55.